The number of nitrogens with one attached hydrogen (secondary N) is 1. The van der Waals surface area contributed by atoms with E-state index in [9.17, 15) is 14.0 Å². The van der Waals surface area contributed by atoms with Gasteiger partial charge >= 0.3 is 5.97 Å². The molecule has 1 rings (SSSR count). The zero-order chi connectivity index (χ0) is 14.6. The molecule has 0 aliphatic carbocycles. The van der Waals surface area contributed by atoms with E-state index in [0.29, 0.717) is 11.1 Å². The van der Waals surface area contributed by atoms with Crippen LogP contribution in [0.15, 0.2) is 30.4 Å². The summed E-state index contributed by atoms with van der Waals surface area (Å²) in [6, 6.07) is 2.69. The highest BCUT2D eigenvalue weighted by molar-refractivity contribution is 5.97. The van der Waals surface area contributed by atoms with Crippen molar-refractivity contribution < 1.29 is 19.1 Å². The Labute approximate surface area is 110 Å². The van der Waals surface area contributed by atoms with Crippen molar-refractivity contribution in [3.63, 3.8) is 0 Å². The van der Waals surface area contributed by atoms with Gasteiger partial charge in [0.25, 0.3) is 5.91 Å². The van der Waals surface area contributed by atoms with Crippen molar-refractivity contribution in [3.05, 3.63) is 47.3 Å². The monoisotopic (exact) mass is 265 g/mol. The number of carboxylic acids is 1. The first-order chi connectivity index (χ1) is 8.81. The number of hydrogen-bond acceptors (Lipinski definition) is 2. The zero-order valence-corrected chi connectivity index (χ0v) is 10.9. The molecule has 1 aromatic rings. The Morgan fingerprint density at radius 2 is 2.11 bits per heavy atom. The molecule has 0 saturated heterocycles. The van der Waals surface area contributed by atoms with Crippen molar-refractivity contribution in [1.29, 1.82) is 0 Å². The summed E-state index contributed by atoms with van der Waals surface area (Å²) in [6.45, 7) is 6.90. The second-order valence-corrected chi connectivity index (χ2v) is 4.48. The van der Waals surface area contributed by atoms with E-state index >= 15 is 0 Å². The molecule has 19 heavy (non-hydrogen) atoms. The maximum Gasteiger partial charge on any atom is 0.326 e. The minimum absolute atomic E-state index is 0.154. The Kier molecular flexibility index (Phi) is 4.80. The van der Waals surface area contributed by atoms with E-state index in [1.54, 1.807) is 13.8 Å². The standard InChI is InChI=1S/C14H16FNO3/c1-8(2)6-12(14(18)19)16-13(17)11-5-4-10(15)7-9(11)3/h4-5,7,12H,1,6H2,2-3H3,(H,16,17)(H,18,19). The second kappa shape index (κ2) is 6.13. The molecule has 1 atom stereocenters. The topological polar surface area (TPSA) is 66.4 Å². The summed E-state index contributed by atoms with van der Waals surface area (Å²) >= 11 is 0. The highest BCUT2D eigenvalue weighted by atomic mass is 19.1. The van der Waals surface area contributed by atoms with Crippen LogP contribution in [0.4, 0.5) is 4.39 Å². The van der Waals surface area contributed by atoms with Gasteiger partial charge in [0, 0.05) is 5.56 Å². The molecule has 2 N–H and O–H groups in total. The normalized spacial score (nSPS) is 11.7. The van der Waals surface area contributed by atoms with Gasteiger partial charge in [-0.3, -0.25) is 4.79 Å². The van der Waals surface area contributed by atoms with Crippen molar-refractivity contribution in [2.45, 2.75) is 26.3 Å². The van der Waals surface area contributed by atoms with Crippen LogP contribution in [0.2, 0.25) is 0 Å². The summed E-state index contributed by atoms with van der Waals surface area (Å²) < 4.78 is 12.9. The van der Waals surface area contributed by atoms with E-state index in [2.05, 4.69) is 11.9 Å². The van der Waals surface area contributed by atoms with Gasteiger partial charge in [-0.05, 0) is 44.0 Å². The third-order valence-corrected chi connectivity index (χ3v) is 2.59. The van der Waals surface area contributed by atoms with E-state index in [1.807, 2.05) is 0 Å². The Hall–Kier alpha value is -2.17. The lowest BCUT2D eigenvalue weighted by molar-refractivity contribution is -0.139. The summed E-state index contributed by atoms with van der Waals surface area (Å²) in [7, 11) is 0. The quantitative estimate of drug-likeness (QED) is 0.803. The summed E-state index contributed by atoms with van der Waals surface area (Å²) in [5, 5.41) is 11.4. The Balaban J connectivity index is 2.87. The minimum Gasteiger partial charge on any atom is -0.480 e. The summed E-state index contributed by atoms with van der Waals surface area (Å²) in [4.78, 5) is 23.0. The minimum atomic E-state index is -1.13. The summed E-state index contributed by atoms with van der Waals surface area (Å²) in [5.74, 6) is -2.10. The first kappa shape index (κ1) is 14.9. The number of hydrogen-bond donors (Lipinski definition) is 2. The Bertz CT molecular complexity index is 525. The molecular weight excluding hydrogens is 249 g/mol. The number of carboxylic acid groups (broad SMARTS) is 1. The molecule has 0 bridgehead atoms. The van der Waals surface area contributed by atoms with Crippen LogP contribution in [-0.4, -0.2) is 23.0 Å². The number of aliphatic carboxylic acids is 1. The number of amides is 1. The lowest BCUT2D eigenvalue weighted by Crippen LogP contribution is -2.41. The van der Waals surface area contributed by atoms with Crippen molar-refractivity contribution >= 4 is 11.9 Å². The number of halogens is 1. The first-order valence-electron chi connectivity index (χ1n) is 5.75. The molecule has 0 spiro atoms. The fourth-order valence-electron chi connectivity index (χ4n) is 1.67. The number of benzene rings is 1. The molecule has 0 aliphatic heterocycles. The largest absolute Gasteiger partial charge is 0.480 e. The number of carbonyl (C=O) groups excluding carboxylic acids is 1. The molecular formula is C14H16FNO3. The highest BCUT2D eigenvalue weighted by Crippen LogP contribution is 2.11. The third-order valence-electron chi connectivity index (χ3n) is 2.59. The van der Waals surface area contributed by atoms with Gasteiger partial charge in [0.1, 0.15) is 11.9 Å². The van der Waals surface area contributed by atoms with Crippen LogP contribution in [0, 0.1) is 12.7 Å². The number of rotatable bonds is 5. The van der Waals surface area contributed by atoms with Gasteiger partial charge in [-0.25, -0.2) is 9.18 Å². The van der Waals surface area contributed by atoms with Gasteiger partial charge in [0.15, 0.2) is 0 Å². The van der Waals surface area contributed by atoms with Crippen LogP contribution in [0.5, 0.6) is 0 Å². The third kappa shape index (κ3) is 4.21. The molecule has 0 radical (unpaired) electrons. The van der Waals surface area contributed by atoms with Crippen molar-refractivity contribution in [1.82, 2.24) is 5.32 Å². The van der Waals surface area contributed by atoms with Crippen LogP contribution in [-0.2, 0) is 4.79 Å². The van der Waals surface area contributed by atoms with E-state index in [1.165, 1.54) is 12.1 Å². The van der Waals surface area contributed by atoms with E-state index in [-0.39, 0.29) is 12.0 Å². The second-order valence-electron chi connectivity index (χ2n) is 4.48. The van der Waals surface area contributed by atoms with Gasteiger partial charge < -0.3 is 10.4 Å². The molecule has 5 heteroatoms. The molecule has 1 aromatic carbocycles. The molecule has 1 amide bonds. The fraction of sp³-hybridized carbons (Fsp3) is 0.286. The van der Waals surface area contributed by atoms with Crippen molar-refractivity contribution in [2.75, 3.05) is 0 Å². The molecule has 0 aliphatic rings. The summed E-state index contributed by atoms with van der Waals surface area (Å²) in [5.41, 5.74) is 1.37. The molecule has 0 aromatic heterocycles. The number of carbonyl (C=O) groups is 2. The van der Waals surface area contributed by atoms with Gasteiger partial charge in [-0.15, -0.1) is 6.58 Å². The predicted octanol–water partition coefficient (Wildman–Crippen LogP) is 2.28. The average Bonchev–Trinajstić information content (AvgIpc) is 2.26. The molecule has 0 heterocycles. The predicted molar refractivity (Wildman–Crippen MR) is 69.5 cm³/mol. The molecule has 4 nitrogen and oxygen atoms in total. The SMILES string of the molecule is C=C(C)CC(NC(=O)c1ccc(F)cc1C)C(=O)O. The molecule has 1 unspecified atom stereocenters. The highest BCUT2D eigenvalue weighted by Gasteiger charge is 2.21. The van der Waals surface area contributed by atoms with E-state index in [0.717, 1.165) is 6.07 Å². The van der Waals surface area contributed by atoms with Gasteiger partial charge in [0.2, 0.25) is 0 Å². The zero-order valence-electron chi connectivity index (χ0n) is 10.9. The molecule has 0 saturated carbocycles. The number of aryl methyl sites for hydroxylation is 1. The van der Waals surface area contributed by atoms with Gasteiger partial charge in [-0.2, -0.15) is 0 Å². The van der Waals surface area contributed by atoms with Gasteiger partial charge in [0.05, 0.1) is 0 Å². The van der Waals surface area contributed by atoms with E-state index < -0.39 is 23.7 Å². The maximum atomic E-state index is 12.9. The van der Waals surface area contributed by atoms with Crippen LogP contribution in [0.1, 0.15) is 29.3 Å². The van der Waals surface area contributed by atoms with Crippen LogP contribution < -0.4 is 5.32 Å². The van der Waals surface area contributed by atoms with Gasteiger partial charge in [-0.1, -0.05) is 5.57 Å². The van der Waals surface area contributed by atoms with Crippen LogP contribution in [0.3, 0.4) is 0 Å². The average molecular weight is 265 g/mol. The molecule has 102 valence electrons. The fourth-order valence-corrected chi connectivity index (χ4v) is 1.67. The first-order valence-corrected chi connectivity index (χ1v) is 5.75. The Morgan fingerprint density at radius 1 is 1.47 bits per heavy atom. The lowest BCUT2D eigenvalue weighted by atomic mass is 10.1. The molecule has 0 fully saturated rings. The summed E-state index contributed by atoms with van der Waals surface area (Å²) in [6.07, 6.45) is 0.154. The van der Waals surface area contributed by atoms with Crippen LogP contribution in [0.25, 0.3) is 0 Å². The Morgan fingerprint density at radius 3 is 2.58 bits per heavy atom. The van der Waals surface area contributed by atoms with E-state index in [4.69, 9.17) is 5.11 Å². The van der Waals surface area contributed by atoms with Crippen molar-refractivity contribution in [2.24, 2.45) is 0 Å². The van der Waals surface area contributed by atoms with Crippen LogP contribution >= 0.6 is 0 Å². The van der Waals surface area contributed by atoms with Crippen molar-refractivity contribution in [3.8, 4) is 0 Å². The smallest absolute Gasteiger partial charge is 0.326 e. The lowest BCUT2D eigenvalue weighted by Gasteiger charge is -2.15. The maximum absolute atomic E-state index is 12.9.